The Hall–Kier alpha value is -2.58. The summed E-state index contributed by atoms with van der Waals surface area (Å²) >= 11 is 11.9. The molecule has 3 aromatic rings. The second kappa shape index (κ2) is 7.12. The third kappa shape index (κ3) is 3.92. The van der Waals surface area contributed by atoms with Crippen LogP contribution in [0.2, 0.25) is 10.0 Å². The second-order valence-electron chi connectivity index (χ2n) is 4.76. The van der Waals surface area contributed by atoms with Crippen molar-refractivity contribution in [3.8, 4) is 0 Å². The van der Waals surface area contributed by atoms with Crippen molar-refractivity contribution in [2.75, 3.05) is 10.6 Å². The third-order valence-corrected chi connectivity index (χ3v) is 3.58. The maximum Gasteiger partial charge on any atom is 0.249 e. The summed E-state index contributed by atoms with van der Waals surface area (Å²) in [6.07, 6.45) is 1.30. The van der Waals surface area contributed by atoms with Crippen molar-refractivity contribution >= 4 is 46.3 Å². The molecule has 0 aliphatic rings. The minimum Gasteiger partial charge on any atom is -0.338 e. The monoisotopic (exact) mass is 385 g/mol. The number of hydrogen-bond donors (Lipinski definition) is 2. The lowest BCUT2D eigenvalue weighted by Gasteiger charge is -2.10. The van der Waals surface area contributed by atoms with Crippen molar-refractivity contribution in [2.24, 2.45) is 0 Å². The number of benzene rings is 2. The summed E-state index contributed by atoms with van der Waals surface area (Å²) in [5, 5.41) is 13.5. The van der Waals surface area contributed by atoms with Gasteiger partial charge in [-0.2, -0.15) is 10.1 Å². The van der Waals surface area contributed by atoms with Crippen molar-refractivity contribution in [1.82, 2.24) is 15.2 Å². The predicted octanol–water partition coefficient (Wildman–Crippen LogP) is 5.08. The van der Waals surface area contributed by atoms with E-state index in [1.54, 1.807) is 12.1 Å². The summed E-state index contributed by atoms with van der Waals surface area (Å²) < 4.78 is 39.9. The molecule has 0 bridgehead atoms. The summed E-state index contributed by atoms with van der Waals surface area (Å²) in [5.74, 6) is -4.16. The molecule has 0 radical (unpaired) electrons. The minimum absolute atomic E-state index is 0.125. The number of anilines is 4. The highest BCUT2D eigenvalue weighted by atomic mass is 35.5. The quantitative estimate of drug-likeness (QED) is 0.612. The van der Waals surface area contributed by atoms with Crippen LogP contribution in [-0.4, -0.2) is 15.2 Å². The van der Waals surface area contributed by atoms with E-state index in [2.05, 4.69) is 25.8 Å². The molecule has 1 aromatic heterocycles. The first-order valence-electron chi connectivity index (χ1n) is 6.76. The van der Waals surface area contributed by atoms with E-state index < -0.39 is 17.5 Å². The van der Waals surface area contributed by atoms with Gasteiger partial charge in [0.25, 0.3) is 0 Å². The standard InChI is InChI=1S/C15H8Cl2F3N5/c16-7-1-3-10(8(17)5-7)22-12-6-21-25-15(24-12)23-11-4-2-9(18)13(19)14(11)20/h1-6H,(H2,22,23,24,25). The lowest BCUT2D eigenvalue weighted by atomic mass is 10.3. The maximum absolute atomic E-state index is 13.7. The van der Waals surface area contributed by atoms with Crippen molar-refractivity contribution in [3.63, 3.8) is 0 Å². The molecule has 0 unspecified atom stereocenters. The molecule has 10 heteroatoms. The molecule has 128 valence electrons. The third-order valence-electron chi connectivity index (χ3n) is 3.03. The molecule has 1 heterocycles. The van der Waals surface area contributed by atoms with Gasteiger partial charge < -0.3 is 10.6 Å². The van der Waals surface area contributed by atoms with E-state index >= 15 is 0 Å². The number of nitrogens with one attached hydrogen (secondary N) is 2. The van der Waals surface area contributed by atoms with Gasteiger partial charge >= 0.3 is 0 Å². The maximum atomic E-state index is 13.7. The zero-order valence-corrected chi connectivity index (χ0v) is 13.7. The van der Waals surface area contributed by atoms with E-state index in [0.29, 0.717) is 15.7 Å². The smallest absolute Gasteiger partial charge is 0.249 e. The van der Waals surface area contributed by atoms with Gasteiger partial charge in [0.05, 0.1) is 22.6 Å². The van der Waals surface area contributed by atoms with Crippen molar-refractivity contribution < 1.29 is 13.2 Å². The van der Waals surface area contributed by atoms with Crippen LogP contribution < -0.4 is 10.6 Å². The van der Waals surface area contributed by atoms with Crippen molar-refractivity contribution in [2.45, 2.75) is 0 Å². The van der Waals surface area contributed by atoms with Crippen LogP contribution in [0.5, 0.6) is 0 Å². The summed E-state index contributed by atoms with van der Waals surface area (Å²) in [7, 11) is 0. The van der Waals surface area contributed by atoms with Crippen LogP contribution in [-0.2, 0) is 0 Å². The molecule has 2 aromatic carbocycles. The Balaban J connectivity index is 1.83. The van der Waals surface area contributed by atoms with Gasteiger partial charge in [-0.05, 0) is 30.3 Å². The lowest BCUT2D eigenvalue weighted by Crippen LogP contribution is -2.05. The first-order valence-corrected chi connectivity index (χ1v) is 7.52. The van der Waals surface area contributed by atoms with Gasteiger partial charge in [0.1, 0.15) is 0 Å². The van der Waals surface area contributed by atoms with Gasteiger partial charge in [-0.3, -0.25) is 0 Å². The Bertz CT molecular complexity index is 939. The Morgan fingerprint density at radius 1 is 0.880 bits per heavy atom. The van der Waals surface area contributed by atoms with Gasteiger partial charge in [0, 0.05) is 5.02 Å². The number of nitrogens with zero attached hydrogens (tertiary/aromatic N) is 3. The van der Waals surface area contributed by atoms with Gasteiger partial charge in [-0.1, -0.05) is 23.2 Å². The van der Waals surface area contributed by atoms with Gasteiger partial charge in [0.15, 0.2) is 23.3 Å². The van der Waals surface area contributed by atoms with E-state index in [9.17, 15) is 13.2 Å². The fourth-order valence-electron chi connectivity index (χ4n) is 1.89. The van der Waals surface area contributed by atoms with Crippen LogP contribution in [0.3, 0.4) is 0 Å². The molecular formula is C15H8Cl2F3N5. The van der Waals surface area contributed by atoms with Crippen molar-refractivity contribution in [3.05, 3.63) is 64.0 Å². The van der Waals surface area contributed by atoms with E-state index in [0.717, 1.165) is 12.1 Å². The SMILES string of the molecule is Fc1ccc(Nc2nncc(Nc3ccc(Cl)cc3Cl)n2)c(F)c1F. The minimum atomic E-state index is -1.60. The van der Waals surface area contributed by atoms with Gasteiger partial charge in [0.2, 0.25) is 5.95 Å². The molecule has 3 rings (SSSR count). The fraction of sp³-hybridized carbons (Fsp3) is 0. The fourth-order valence-corrected chi connectivity index (χ4v) is 2.34. The van der Waals surface area contributed by atoms with E-state index in [-0.39, 0.29) is 17.5 Å². The molecule has 0 amide bonds. The van der Waals surface area contributed by atoms with Gasteiger partial charge in [-0.15, -0.1) is 5.10 Å². The second-order valence-corrected chi connectivity index (χ2v) is 5.61. The highest BCUT2D eigenvalue weighted by Crippen LogP contribution is 2.28. The zero-order valence-electron chi connectivity index (χ0n) is 12.2. The molecule has 0 spiro atoms. The highest BCUT2D eigenvalue weighted by molar-refractivity contribution is 6.36. The van der Waals surface area contributed by atoms with Crippen LogP contribution in [0.15, 0.2) is 36.5 Å². The molecule has 25 heavy (non-hydrogen) atoms. The summed E-state index contributed by atoms with van der Waals surface area (Å²) in [5.41, 5.74) is 0.180. The van der Waals surface area contributed by atoms with Crippen LogP contribution in [0, 0.1) is 17.5 Å². The van der Waals surface area contributed by atoms with Gasteiger partial charge in [-0.25, -0.2) is 13.2 Å². The molecular weight excluding hydrogens is 378 g/mol. The highest BCUT2D eigenvalue weighted by Gasteiger charge is 2.14. The average molecular weight is 386 g/mol. The largest absolute Gasteiger partial charge is 0.338 e. The number of halogens is 5. The topological polar surface area (TPSA) is 62.7 Å². The Morgan fingerprint density at radius 2 is 1.64 bits per heavy atom. The van der Waals surface area contributed by atoms with Crippen LogP contribution in [0.1, 0.15) is 0 Å². The Morgan fingerprint density at radius 3 is 2.40 bits per heavy atom. The summed E-state index contributed by atoms with van der Waals surface area (Å²) in [4.78, 5) is 4.05. The normalized spacial score (nSPS) is 10.6. The van der Waals surface area contributed by atoms with Crippen molar-refractivity contribution in [1.29, 1.82) is 0 Å². The summed E-state index contributed by atoms with van der Waals surface area (Å²) in [6, 6.07) is 6.60. The average Bonchev–Trinajstić information content (AvgIpc) is 2.58. The molecule has 0 atom stereocenters. The summed E-state index contributed by atoms with van der Waals surface area (Å²) in [6.45, 7) is 0. The first kappa shape index (κ1) is 17.2. The number of rotatable bonds is 4. The van der Waals surface area contributed by atoms with E-state index in [1.807, 2.05) is 0 Å². The molecule has 0 saturated carbocycles. The molecule has 2 N–H and O–H groups in total. The predicted molar refractivity (Wildman–Crippen MR) is 89.2 cm³/mol. The first-order chi connectivity index (χ1) is 11.9. The molecule has 0 saturated heterocycles. The number of aromatic nitrogens is 3. The van der Waals surface area contributed by atoms with E-state index in [1.165, 1.54) is 12.3 Å². The zero-order chi connectivity index (χ0) is 18.0. The Kier molecular flexibility index (Phi) is 4.91. The molecule has 5 nitrogen and oxygen atoms in total. The molecule has 0 aliphatic heterocycles. The lowest BCUT2D eigenvalue weighted by molar-refractivity contribution is 0.449. The van der Waals surface area contributed by atoms with E-state index in [4.69, 9.17) is 23.2 Å². The Labute approximate surface area is 149 Å². The van der Waals surface area contributed by atoms with Crippen LogP contribution >= 0.6 is 23.2 Å². The number of hydrogen-bond acceptors (Lipinski definition) is 5. The van der Waals surface area contributed by atoms with Crippen LogP contribution in [0.25, 0.3) is 0 Å². The van der Waals surface area contributed by atoms with Crippen LogP contribution in [0.4, 0.5) is 36.3 Å². The molecule has 0 aliphatic carbocycles. The molecule has 0 fully saturated rings.